The molecule has 1 N–H and O–H groups in total. The molecule has 0 aliphatic carbocycles. The van der Waals surface area contributed by atoms with Crippen molar-refractivity contribution >= 4 is 39.1 Å². The van der Waals surface area contributed by atoms with Crippen LogP contribution < -0.4 is 10.2 Å². The van der Waals surface area contributed by atoms with Crippen molar-refractivity contribution < 1.29 is 9.32 Å². The van der Waals surface area contributed by atoms with E-state index in [1.54, 1.807) is 30.7 Å². The molecule has 1 aliphatic heterocycles. The number of nitrogens with zero attached hydrogens (tertiary/aromatic N) is 5. The normalized spacial score (nSPS) is 15.5. The maximum Gasteiger partial charge on any atom is 0.239 e. The fourth-order valence-corrected chi connectivity index (χ4v) is 3.99. The molecule has 0 aromatic carbocycles. The average molecular weight is 372 g/mol. The van der Waals surface area contributed by atoms with Gasteiger partial charge < -0.3 is 14.7 Å². The fraction of sp³-hybridized carbons (Fsp3) is 0.412. The summed E-state index contributed by atoms with van der Waals surface area (Å²) in [5.41, 5.74) is 0. The molecule has 3 aromatic heterocycles. The molecule has 0 spiro atoms. The van der Waals surface area contributed by atoms with E-state index in [1.807, 2.05) is 0 Å². The molecule has 0 saturated carbocycles. The predicted octanol–water partition coefficient (Wildman–Crippen LogP) is 2.06. The number of hydrogen-bond acceptors (Lipinski definition) is 8. The fourth-order valence-electron chi connectivity index (χ4n) is 3.14. The SMILES string of the molecule is Cc1cc(NC(=O)CN2CCN(c3ncnc4sc(C)cc34)CC2)no1. The molecule has 4 heterocycles. The first-order valence-electron chi connectivity index (χ1n) is 8.50. The Morgan fingerprint density at radius 2 is 2.04 bits per heavy atom. The Morgan fingerprint density at radius 1 is 1.23 bits per heavy atom. The van der Waals surface area contributed by atoms with E-state index in [4.69, 9.17) is 4.52 Å². The summed E-state index contributed by atoms with van der Waals surface area (Å²) in [5, 5.41) is 7.66. The molecular weight excluding hydrogens is 352 g/mol. The molecule has 3 aromatic rings. The summed E-state index contributed by atoms with van der Waals surface area (Å²) < 4.78 is 4.96. The van der Waals surface area contributed by atoms with Gasteiger partial charge in [-0.1, -0.05) is 5.16 Å². The minimum atomic E-state index is -0.0790. The summed E-state index contributed by atoms with van der Waals surface area (Å²) >= 11 is 1.69. The third-order valence-corrected chi connectivity index (χ3v) is 5.32. The second-order valence-corrected chi connectivity index (χ2v) is 7.64. The van der Waals surface area contributed by atoms with Crippen molar-refractivity contribution in [3.63, 3.8) is 0 Å². The van der Waals surface area contributed by atoms with Crippen LogP contribution in [0.4, 0.5) is 11.6 Å². The average Bonchev–Trinajstić information content (AvgIpc) is 3.19. The van der Waals surface area contributed by atoms with Crippen LogP contribution in [0.2, 0.25) is 0 Å². The minimum Gasteiger partial charge on any atom is -0.360 e. The van der Waals surface area contributed by atoms with Gasteiger partial charge in [-0.05, 0) is 19.9 Å². The van der Waals surface area contributed by atoms with E-state index in [2.05, 4.69) is 43.2 Å². The maximum absolute atomic E-state index is 12.2. The third-order valence-electron chi connectivity index (χ3n) is 4.37. The van der Waals surface area contributed by atoms with Crippen LogP contribution in [0.1, 0.15) is 10.6 Å². The Bertz CT molecular complexity index is 928. The summed E-state index contributed by atoms with van der Waals surface area (Å²) in [6, 6.07) is 3.86. The largest absolute Gasteiger partial charge is 0.360 e. The van der Waals surface area contributed by atoms with Gasteiger partial charge in [0.1, 0.15) is 22.7 Å². The van der Waals surface area contributed by atoms with Gasteiger partial charge in [0.05, 0.1) is 11.9 Å². The Kier molecular flexibility index (Phi) is 4.56. The number of hydrogen-bond donors (Lipinski definition) is 1. The second-order valence-electron chi connectivity index (χ2n) is 6.41. The number of rotatable bonds is 4. The molecule has 136 valence electrons. The monoisotopic (exact) mass is 372 g/mol. The van der Waals surface area contributed by atoms with E-state index in [0.29, 0.717) is 18.1 Å². The van der Waals surface area contributed by atoms with Crippen molar-refractivity contribution in [1.29, 1.82) is 0 Å². The Balaban J connectivity index is 1.35. The van der Waals surface area contributed by atoms with E-state index in [9.17, 15) is 4.79 Å². The standard InChI is InChI=1S/C17H20N6O2S/c1-11-7-14(21-25-11)20-15(24)9-22-3-5-23(6-4-22)16-13-8-12(2)26-17(13)19-10-18-16/h7-8,10H,3-6,9H2,1-2H3,(H,20,21,24). The molecule has 9 heteroatoms. The minimum absolute atomic E-state index is 0.0790. The number of amides is 1. The lowest BCUT2D eigenvalue weighted by molar-refractivity contribution is -0.117. The van der Waals surface area contributed by atoms with Gasteiger partial charge in [0, 0.05) is 37.1 Å². The number of aromatic nitrogens is 3. The Morgan fingerprint density at radius 3 is 2.77 bits per heavy atom. The van der Waals surface area contributed by atoms with Gasteiger partial charge in [0.15, 0.2) is 5.82 Å². The van der Waals surface area contributed by atoms with Crippen LogP contribution in [0.3, 0.4) is 0 Å². The van der Waals surface area contributed by atoms with Crippen LogP contribution in [-0.4, -0.2) is 58.7 Å². The lowest BCUT2D eigenvalue weighted by Gasteiger charge is -2.35. The third kappa shape index (κ3) is 3.54. The lowest BCUT2D eigenvalue weighted by atomic mass is 10.2. The number of nitrogens with one attached hydrogen (secondary N) is 1. The molecule has 0 atom stereocenters. The number of fused-ring (bicyclic) bond motifs is 1. The van der Waals surface area contributed by atoms with Crippen LogP contribution in [0, 0.1) is 13.8 Å². The van der Waals surface area contributed by atoms with Crippen LogP contribution in [0.5, 0.6) is 0 Å². The lowest BCUT2D eigenvalue weighted by Crippen LogP contribution is -2.49. The van der Waals surface area contributed by atoms with E-state index >= 15 is 0 Å². The highest BCUT2D eigenvalue weighted by Gasteiger charge is 2.22. The summed E-state index contributed by atoms with van der Waals surface area (Å²) in [5.74, 6) is 2.04. The zero-order valence-corrected chi connectivity index (χ0v) is 15.5. The molecular formula is C17H20N6O2S. The van der Waals surface area contributed by atoms with Crippen LogP contribution >= 0.6 is 11.3 Å². The highest BCUT2D eigenvalue weighted by molar-refractivity contribution is 7.18. The predicted molar refractivity (Wildman–Crippen MR) is 101 cm³/mol. The smallest absolute Gasteiger partial charge is 0.239 e. The molecule has 0 radical (unpaired) electrons. The first-order valence-corrected chi connectivity index (χ1v) is 9.32. The van der Waals surface area contributed by atoms with E-state index in [0.717, 1.165) is 42.2 Å². The van der Waals surface area contributed by atoms with Gasteiger partial charge in [0.2, 0.25) is 5.91 Å². The van der Waals surface area contributed by atoms with Gasteiger partial charge in [-0.15, -0.1) is 11.3 Å². The number of aryl methyl sites for hydroxylation is 2. The van der Waals surface area contributed by atoms with Crippen molar-refractivity contribution in [2.45, 2.75) is 13.8 Å². The first-order chi connectivity index (χ1) is 12.6. The summed E-state index contributed by atoms with van der Waals surface area (Å²) in [4.78, 5) is 27.7. The van der Waals surface area contributed by atoms with E-state index < -0.39 is 0 Å². The second kappa shape index (κ2) is 7.00. The van der Waals surface area contributed by atoms with Crippen LogP contribution in [0.15, 0.2) is 23.0 Å². The van der Waals surface area contributed by atoms with Crippen molar-refractivity contribution in [1.82, 2.24) is 20.0 Å². The highest BCUT2D eigenvalue weighted by atomic mass is 32.1. The number of carbonyl (C=O) groups excluding carboxylic acids is 1. The Hall–Kier alpha value is -2.52. The quantitative estimate of drug-likeness (QED) is 0.750. The summed E-state index contributed by atoms with van der Waals surface area (Å²) in [6.07, 6.45) is 1.63. The van der Waals surface area contributed by atoms with E-state index in [1.165, 1.54) is 4.88 Å². The summed E-state index contributed by atoms with van der Waals surface area (Å²) in [7, 11) is 0. The molecule has 1 fully saturated rings. The Labute approximate surface area is 154 Å². The van der Waals surface area contributed by atoms with Crippen molar-refractivity contribution in [3.8, 4) is 0 Å². The number of piperazine rings is 1. The molecule has 0 bridgehead atoms. The van der Waals surface area contributed by atoms with Gasteiger partial charge in [-0.25, -0.2) is 9.97 Å². The molecule has 1 amide bonds. The molecule has 8 nitrogen and oxygen atoms in total. The number of thiophene rings is 1. The highest BCUT2D eigenvalue weighted by Crippen LogP contribution is 2.30. The zero-order chi connectivity index (χ0) is 18.1. The first kappa shape index (κ1) is 16.9. The number of anilines is 2. The zero-order valence-electron chi connectivity index (χ0n) is 14.7. The molecule has 26 heavy (non-hydrogen) atoms. The van der Waals surface area contributed by atoms with Crippen molar-refractivity contribution in [2.75, 3.05) is 42.9 Å². The van der Waals surface area contributed by atoms with Gasteiger partial charge in [-0.3, -0.25) is 9.69 Å². The van der Waals surface area contributed by atoms with Crippen molar-refractivity contribution in [3.05, 3.63) is 29.1 Å². The number of carbonyl (C=O) groups is 1. The van der Waals surface area contributed by atoms with Crippen LogP contribution in [-0.2, 0) is 4.79 Å². The molecule has 0 unspecified atom stereocenters. The van der Waals surface area contributed by atoms with Crippen molar-refractivity contribution in [2.24, 2.45) is 0 Å². The van der Waals surface area contributed by atoms with Crippen LogP contribution in [0.25, 0.3) is 10.2 Å². The molecule has 4 rings (SSSR count). The topological polar surface area (TPSA) is 87.4 Å². The summed E-state index contributed by atoms with van der Waals surface area (Å²) in [6.45, 7) is 7.50. The van der Waals surface area contributed by atoms with Gasteiger partial charge in [0.25, 0.3) is 0 Å². The molecule has 1 saturated heterocycles. The molecule has 1 aliphatic rings. The van der Waals surface area contributed by atoms with E-state index in [-0.39, 0.29) is 5.91 Å². The maximum atomic E-state index is 12.2. The van der Waals surface area contributed by atoms with Gasteiger partial charge >= 0.3 is 0 Å². The van der Waals surface area contributed by atoms with Gasteiger partial charge in [-0.2, -0.15) is 0 Å².